The van der Waals surface area contributed by atoms with Crippen LogP contribution in [0.4, 0.5) is 14.5 Å². The lowest BCUT2D eigenvalue weighted by Gasteiger charge is -2.30. The number of hydrogen-bond donors (Lipinski definition) is 0. The number of nitrogens with zero attached hydrogens (tertiary/aromatic N) is 2. The van der Waals surface area contributed by atoms with Crippen LogP contribution in [0.25, 0.3) is 0 Å². The molecule has 1 aliphatic rings. The second kappa shape index (κ2) is 8.36. The summed E-state index contributed by atoms with van der Waals surface area (Å²) in [4.78, 5) is 14.1. The quantitative estimate of drug-likeness (QED) is 0.737. The zero-order valence-corrected chi connectivity index (χ0v) is 16.4. The van der Waals surface area contributed by atoms with E-state index in [-0.39, 0.29) is 23.8 Å². The molecule has 0 aromatic heterocycles. The van der Waals surface area contributed by atoms with Crippen LogP contribution < -0.4 is 4.90 Å². The average Bonchev–Trinajstić information content (AvgIpc) is 2.68. The highest BCUT2D eigenvalue weighted by atomic mass is 32.2. The number of rotatable bonds is 6. The van der Waals surface area contributed by atoms with Gasteiger partial charge in [0.1, 0.15) is 11.6 Å². The molecule has 28 heavy (non-hydrogen) atoms. The highest BCUT2D eigenvalue weighted by Gasteiger charge is 2.26. The van der Waals surface area contributed by atoms with Crippen LogP contribution in [0.1, 0.15) is 24.8 Å². The maximum atomic E-state index is 14.2. The number of fused-ring (bicyclic) bond motifs is 1. The Labute approximate surface area is 163 Å². The lowest BCUT2D eigenvalue weighted by atomic mass is 10.0. The molecule has 0 N–H and O–H groups in total. The molecule has 2 aromatic carbocycles. The number of anilines is 1. The van der Waals surface area contributed by atoms with Gasteiger partial charge in [-0.25, -0.2) is 21.5 Å². The Morgan fingerprint density at radius 3 is 2.57 bits per heavy atom. The minimum atomic E-state index is -3.75. The van der Waals surface area contributed by atoms with Gasteiger partial charge < -0.3 is 4.90 Å². The number of carbonyl (C=O) groups excluding carboxylic acids is 1. The summed E-state index contributed by atoms with van der Waals surface area (Å²) >= 11 is 0. The first-order valence-corrected chi connectivity index (χ1v) is 10.5. The summed E-state index contributed by atoms with van der Waals surface area (Å²) in [5.41, 5.74) is 1.15. The SMILES string of the molecule is CN(CCCC(=O)N1CCCc2cccc(F)c21)S(=O)(=O)c1ccc(F)cc1. The van der Waals surface area contributed by atoms with Crippen molar-refractivity contribution in [2.75, 3.05) is 25.0 Å². The zero-order valence-electron chi connectivity index (χ0n) is 15.6. The van der Waals surface area contributed by atoms with Gasteiger partial charge in [0.05, 0.1) is 10.6 Å². The molecule has 0 saturated heterocycles. The number of amides is 1. The van der Waals surface area contributed by atoms with Crippen LogP contribution in [0.15, 0.2) is 47.4 Å². The predicted molar refractivity (Wildman–Crippen MR) is 103 cm³/mol. The van der Waals surface area contributed by atoms with E-state index in [1.165, 1.54) is 30.1 Å². The molecule has 0 aliphatic carbocycles. The van der Waals surface area contributed by atoms with Gasteiger partial charge in [-0.15, -0.1) is 0 Å². The number of sulfonamides is 1. The van der Waals surface area contributed by atoms with Crippen LogP contribution >= 0.6 is 0 Å². The van der Waals surface area contributed by atoms with Crippen molar-refractivity contribution < 1.29 is 22.0 Å². The average molecular weight is 408 g/mol. The Morgan fingerprint density at radius 2 is 1.86 bits per heavy atom. The molecule has 0 saturated carbocycles. The zero-order chi connectivity index (χ0) is 20.3. The van der Waals surface area contributed by atoms with Gasteiger partial charge in [0.2, 0.25) is 15.9 Å². The Bertz CT molecular complexity index is 962. The Hall–Kier alpha value is -2.32. The van der Waals surface area contributed by atoms with E-state index in [0.717, 1.165) is 34.8 Å². The van der Waals surface area contributed by atoms with Gasteiger partial charge in [0, 0.05) is 26.6 Å². The van der Waals surface area contributed by atoms with Gasteiger partial charge in [-0.3, -0.25) is 4.79 Å². The lowest BCUT2D eigenvalue weighted by Crippen LogP contribution is -2.37. The first-order chi connectivity index (χ1) is 13.3. The molecule has 1 heterocycles. The molecule has 1 aliphatic heterocycles. The van der Waals surface area contributed by atoms with Gasteiger partial charge in [0.25, 0.3) is 0 Å². The Morgan fingerprint density at radius 1 is 1.14 bits per heavy atom. The topological polar surface area (TPSA) is 57.7 Å². The molecule has 1 amide bonds. The number of hydrogen-bond acceptors (Lipinski definition) is 3. The van der Waals surface area contributed by atoms with Crippen LogP contribution in [-0.4, -0.2) is 38.8 Å². The van der Waals surface area contributed by atoms with E-state index >= 15 is 0 Å². The van der Waals surface area contributed by atoms with Crippen molar-refractivity contribution in [2.24, 2.45) is 0 Å². The third-order valence-corrected chi connectivity index (χ3v) is 6.73. The third kappa shape index (κ3) is 4.23. The first-order valence-electron chi connectivity index (χ1n) is 9.10. The summed E-state index contributed by atoms with van der Waals surface area (Å²) in [7, 11) is -2.34. The van der Waals surface area contributed by atoms with Crippen molar-refractivity contribution >= 4 is 21.6 Å². The summed E-state index contributed by atoms with van der Waals surface area (Å²) in [6, 6.07) is 9.39. The third-order valence-electron chi connectivity index (χ3n) is 4.85. The van der Waals surface area contributed by atoms with Gasteiger partial charge in [-0.05, 0) is 55.2 Å². The van der Waals surface area contributed by atoms with E-state index in [2.05, 4.69) is 0 Å². The van der Waals surface area contributed by atoms with E-state index < -0.39 is 21.7 Å². The summed E-state index contributed by atoms with van der Waals surface area (Å²) in [5, 5.41) is 0. The minimum Gasteiger partial charge on any atom is -0.309 e. The van der Waals surface area contributed by atoms with E-state index in [9.17, 15) is 22.0 Å². The van der Waals surface area contributed by atoms with Crippen molar-refractivity contribution in [3.63, 3.8) is 0 Å². The first kappa shape index (κ1) is 20.4. The highest BCUT2D eigenvalue weighted by Crippen LogP contribution is 2.30. The predicted octanol–water partition coefficient (Wildman–Crippen LogP) is 3.34. The molecule has 2 aromatic rings. The lowest BCUT2D eigenvalue weighted by molar-refractivity contribution is -0.118. The smallest absolute Gasteiger partial charge is 0.242 e. The van der Waals surface area contributed by atoms with Crippen LogP contribution in [0.3, 0.4) is 0 Å². The molecule has 3 rings (SSSR count). The van der Waals surface area contributed by atoms with Gasteiger partial charge in [-0.1, -0.05) is 12.1 Å². The molecule has 150 valence electrons. The fourth-order valence-corrected chi connectivity index (χ4v) is 4.56. The van der Waals surface area contributed by atoms with Crippen LogP contribution in [0.2, 0.25) is 0 Å². The van der Waals surface area contributed by atoms with Gasteiger partial charge >= 0.3 is 0 Å². The summed E-state index contributed by atoms with van der Waals surface area (Å²) in [6.45, 7) is 0.583. The Kier molecular flexibility index (Phi) is 6.10. The summed E-state index contributed by atoms with van der Waals surface area (Å²) in [5.74, 6) is -1.15. The molecule has 0 atom stereocenters. The Balaban J connectivity index is 1.61. The molecule has 0 fully saturated rings. The van der Waals surface area contributed by atoms with Crippen molar-refractivity contribution in [3.05, 3.63) is 59.7 Å². The number of carbonyl (C=O) groups is 1. The summed E-state index contributed by atoms with van der Waals surface area (Å²) < 4.78 is 53.3. The fraction of sp³-hybridized carbons (Fsp3) is 0.350. The van der Waals surface area contributed by atoms with Crippen molar-refractivity contribution in [2.45, 2.75) is 30.6 Å². The molecule has 5 nitrogen and oxygen atoms in total. The van der Waals surface area contributed by atoms with Crippen LogP contribution in [0, 0.1) is 11.6 Å². The fourth-order valence-electron chi connectivity index (χ4n) is 3.35. The van der Waals surface area contributed by atoms with Crippen molar-refractivity contribution in [1.29, 1.82) is 0 Å². The summed E-state index contributed by atoms with van der Waals surface area (Å²) in [6.07, 6.45) is 1.91. The van der Waals surface area contributed by atoms with Crippen LogP contribution in [0.5, 0.6) is 0 Å². The van der Waals surface area contributed by atoms with Crippen molar-refractivity contribution in [3.8, 4) is 0 Å². The molecule has 0 radical (unpaired) electrons. The largest absolute Gasteiger partial charge is 0.309 e. The standard InChI is InChI=1S/C20H22F2N2O3S/c1-23(28(26,27)17-11-9-16(21)10-12-17)13-4-8-19(25)24-14-3-6-15-5-2-7-18(22)20(15)24/h2,5,7,9-12H,3-4,6,8,13-14H2,1H3. The second-order valence-electron chi connectivity index (χ2n) is 6.78. The number of benzene rings is 2. The van der Waals surface area contributed by atoms with Gasteiger partial charge in [-0.2, -0.15) is 0 Å². The monoisotopic (exact) mass is 408 g/mol. The molecular weight excluding hydrogens is 386 g/mol. The molecular formula is C20H22F2N2O3S. The van der Waals surface area contributed by atoms with Crippen LogP contribution in [-0.2, 0) is 21.2 Å². The van der Waals surface area contributed by atoms with E-state index in [0.29, 0.717) is 18.7 Å². The second-order valence-corrected chi connectivity index (χ2v) is 8.83. The van der Waals surface area contributed by atoms with E-state index in [1.54, 1.807) is 6.07 Å². The minimum absolute atomic E-state index is 0.00486. The molecule has 0 unspecified atom stereocenters. The van der Waals surface area contributed by atoms with E-state index in [4.69, 9.17) is 0 Å². The molecule has 0 spiro atoms. The number of para-hydroxylation sites is 1. The van der Waals surface area contributed by atoms with E-state index in [1.807, 2.05) is 6.07 Å². The normalized spacial score (nSPS) is 14.2. The van der Waals surface area contributed by atoms with Crippen molar-refractivity contribution in [1.82, 2.24) is 4.31 Å². The number of halogens is 2. The maximum absolute atomic E-state index is 14.2. The van der Waals surface area contributed by atoms with Gasteiger partial charge in [0.15, 0.2) is 0 Å². The molecule has 0 bridgehead atoms. The highest BCUT2D eigenvalue weighted by molar-refractivity contribution is 7.89. The maximum Gasteiger partial charge on any atom is 0.242 e. The molecule has 8 heteroatoms. The number of aryl methyl sites for hydroxylation is 1.